The molecule has 0 atom stereocenters. The number of rotatable bonds is 2. The van der Waals surface area contributed by atoms with Crippen LogP contribution in [0.4, 0.5) is 5.69 Å². The largest absolute Gasteiger partial charge is 0.410 e. The molecule has 0 heterocycles. The fourth-order valence-electron chi connectivity index (χ4n) is 2.69. The topological polar surface area (TPSA) is 68.4 Å². The molecule has 5 heteroatoms. The zero-order valence-electron chi connectivity index (χ0n) is 12.9. The average Bonchev–Trinajstić information content (AvgIpc) is 2.87. The maximum Gasteiger partial charge on any atom is 0.120 e. The highest BCUT2D eigenvalue weighted by atomic mass is 16.4. The van der Waals surface area contributed by atoms with Gasteiger partial charge in [-0.25, -0.2) is 0 Å². The van der Waals surface area contributed by atoms with Gasteiger partial charge in [-0.15, -0.1) is 0 Å². The van der Waals surface area contributed by atoms with E-state index in [0.717, 1.165) is 22.4 Å². The van der Waals surface area contributed by atoms with Crippen LogP contribution in [0.2, 0.25) is 0 Å². The van der Waals surface area contributed by atoms with E-state index in [-0.39, 0.29) is 0 Å². The summed E-state index contributed by atoms with van der Waals surface area (Å²) >= 11 is 0. The summed E-state index contributed by atoms with van der Waals surface area (Å²) in [6.45, 7) is 0. The standard InChI is InChI=1S/C18H17N3O2/c1-21(2)13-9-7-12(8-10-13)11-16-17(19-22)14-5-3-4-6-15(14)18(16)20-23/h3-11,22-23H,1-2H3. The third-order valence-corrected chi connectivity index (χ3v) is 3.87. The van der Waals surface area contributed by atoms with Gasteiger partial charge in [0.05, 0.1) is 0 Å². The van der Waals surface area contributed by atoms with Crippen LogP contribution in [-0.4, -0.2) is 35.9 Å². The summed E-state index contributed by atoms with van der Waals surface area (Å²) in [4.78, 5) is 2.02. The highest BCUT2D eigenvalue weighted by Gasteiger charge is 2.30. The van der Waals surface area contributed by atoms with Gasteiger partial charge in [-0.05, 0) is 23.8 Å². The number of hydrogen-bond acceptors (Lipinski definition) is 5. The minimum atomic E-state index is 0.407. The van der Waals surface area contributed by atoms with Crippen LogP contribution < -0.4 is 4.90 Å². The van der Waals surface area contributed by atoms with Gasteiger partial charge in [0, 0.05) is 36.5 Å². The Kier molecular flexibility index (Phi) is 3.85. The average molecular weight is 307 g/mol. The van der Waals surface area contributed by atoms with E-state index in [1.54, 1.807) is 0 Å². The molecule has 0 bridgehead atoms. The zero-order valence-corrected chi connectivity index (χ0v) is 12.9. The van der Waals surface area contributed by atoms with Crippen LogP contribution >= 0.6 is 0 Å². The van der Waals surface area contributed by atoms with Crippen LogP contribution in [0.1, 0.15) is 16.7 Å². The smallest absolute Gasteiger partial charge is 0.120 e. The van der Waals surface area contributed by atoms with Gasteiger partial charge in [0.2, 0.25) is 0 Å². The lowest BCUT2D eigenvalue weighted by atomic mass is 10.1. The summed E-state index contributed by atoms with van der Waals surface area (Å²) in [5.74, 6) is 0. The van der Waals surface area contributed by atoms with Crippen LogP contribution in [0.3, 0.4) is 0 Å². The Bertz CT molecular complexity index is 777. The van der Waals surface area contributed by atoms with Gasteiger partial charge in [0.25, 0.3) is 0 Å². The molecule has 1 aliphatic rings. The summed E-state index contributed by atoms with van der Waals surface area (Å²) < 4.78 is 0. The van der Waals surface area contributed by atoms with Crippen LogP contribution in [0.25, 0.3) is 6.08 Å². The molecule has 1 aliphatic carbocycles. The Morgan fingerprint density at radius 3 is 1.78 bits per heavy atom. The molecular formula is C18H17N3O2. The Labute approximate surface area is 134 Å². The molecule has 2 aromatic carbocycles. The molecule has 0 amide bonds. The molecule has 0 radical (unpaired) electrons. The number of fused-ring (bicyclic) bond motifs is 1. The van der Waals surface area contributed by atoms with Crippen molar-refractivity contribution in [1.29, 1.82) is 0 Å². The first-order valence-electron chi connectivity index (χ1n) is 7.19. The Morgan fingerprint density at radius 2 is 1.35 bits per heavy atom. The second-order valence-electron chi connectivity index (χ2n) is 5.49. The molecule has 116 valence electrons. The third kappa shape index (κ3) is 2.57. The summed E-state index contributed by atoms with van der Waals surface area (Å²) in [5, 5.41) is 25.6. The van der Waals surface area contributed by atoms with Crippen molar-refractivity contribution in [2.75, 3.05) is 19.0 Å². The number of anilines is 1. The van der Waals surface area contributed by atoms with Crippen molar-refractivity contribution in [2.45, 2.75) is 0 Å². The van der Waals surface area contributed by atoms with E-state index < -0.39 is 0 Å². The summed E-state index contributed by atoms with van der Waals surface area (Å²) in [6, 6.07) is 15.3. The van der Waals surface area contributed by atoms with Crippen molar-refractivity contribution in [1.82, 2.24) is 0 Å². The summed E-state index contributed by atoms with van der Waals surface area (Å²) in [6.07, 6.45) is 1.85. The second kappa shape index (κ2) is 5.96. The Hall–Kier alpha value is -3.08. The van der Waals surface area contributed by atoms with Crippen LogP contribution in [0.15, 0.2) is 64.4 Å². The van der Waals surface area contributed by atoms with Crippen molar-refractivity contribution < 1.29 is 10.4 Å². The molecule has 2 N–H and O–H groups in total. The van der Waals surface area contributed by atoms with E-state index in [9.17, 15) is 10.4 Å². The zero-order chi connectivity index (χ0) is 16.4. The molecule has 0 spiro atoms. The maximum atomic E-state index is 9.40. The van der Waals surface area contributed by atoms with Crippen molar-refractivity contribution in [3.8, 4) is 0 Å². The number of benzene rings is 2. The van der Waals surface area contributed by atoms with Crippen LogP contribution in [-0.2, 0) is 0 Å². The molecule has 23 heavy (non-hydrogen) atoms. The molecule has 0 saturated carbocycles. The minimum Gasteiger partial charge on any atom is -0.410 e. The van der Waals surface area contributed by atoms with Crippen molar-refractivity contribution in [3.63, 3.8) is 0 Å². The summed E-state index contributed by atoms with van der Waals surface area (Å²) in [7, 11) is 3.96. The van der Waals surface area contributed by atoms with Crippen LogP contribution in [0.5, 0.6) is 0 Å². The lowest BCUT2D eigenvalue weighted by Gasteiger charge is -2.12. The Morgan fingerprint density at radius 1 is 0.826 bits per heavy atom. The lowest BCUT2D eigenvalue weighted by Crippen LogP contribution is -2.08. The van der Waals surface area contributed by atoms with E-state index >= 15 is 0 Å². The molecule has 5 nitrogen and oxygen atoms in total. The van der Waals surface area contributed by atoms with E-state index in [1.165, 1.54) is 0 Å². The highest BCUT2D eigenvalue weighted by molar-refractivity contribution is 6.44. The normalized spacial score (nSPS) is 16.7. The number of hydrogen-bond donors (Lipinski definition) is 2. The minimum absolute atomic E-state index is 0.407. The monoisotopic (exact) mass is 307 g/mol. The van der Waals surface area contributed by atoms with Gasteiger partial charge >= 0.3 is 0 Å². The number of oxime groups is 2. The van der Waals surface area contributed by atoms with Gasteiger partial charge in [-0.2, -0.15) is 0 Å². The first-order chi connectivity index (χ1) is 11.2. The molecule has 3 rings (SSSR count). The van der Waals surface area contributed by atoms with Gasteiger partial charge < -0.3 is 15.3 Å². The maximum absolute atomic E-state index is 9.40. The highest BCUT2D eigenvalue weighted by Crippen LogP contribution is 2.29. The van der Waals surface area contributed by atoms with Crippen LogP contribution in [0, 0.1) is 0 Å². The fraction of sp³-hybridized carbons (Fsp3) is 0.111. The number of nitrogens with zero attached hydrogens (tertiary/aromatic N) is 3. The fourth-order valence-corrected chi connectivity index (χ4v) is 2.69. The first kappa shape index (κ1) is 14.8. The van der Waals surface area contributed by atoms with Gasteiger partial charge in [-0.1, -0.05) is 46.7 Å². The molecule has 0 unspecified atom stereocenters. The molecule has 0 aromatic heterocycles. The van der Waals surface area contributed by atoms with E-state index in [4.69, 9.17) is 0 Å². The lowest BCUT2D eigenvalue weighted by molar-refractivity contribution is 0.318. The van der Waals surface area contributed by atoms with E-state index in [1.807, 2.05) is 73.6 Å². The summed E-state index contributed by atoms with van der Waals surface area (Å²) in [5.41, 5.74) is 4.93. The van der Waals surface area contributed by atoms with Gasteiger partial charge in [-0.3, -0.25) is 0 Å². The third-order valence-electron chi connectivity index (χ3n) is 3.87. The van der Waals surface area contributed by atoms with E-state index in [0.29, 0.717) is 17.0 Å². The molecule has 0 saturated heterocycles. The number of allylic oxidation sites excluding steroid dienone is 1. The second-order valence-corrected chi connectivity index (χ2v) is 5.49. The predicted molar refractivity (Wildman–Crippen MR) is 91.8 cm³/mol. The van der Waals surface area contributed by atoms with Crippen molar-refractivity contribution >= 4 is 23.2 Å². The quantitative estimate of drug-likeness (QED) is 0.661. The molecule has 0 aliphatic heterocycles. The van der Waals surface area contributed by atoms with Crippen molar-refractivity contribution in [2.24, 2.45) is 10.3 Å². The first-order valence-corrected chi connectivity index (χ1v) is 7.19. The van der Waals surface area contributed by atoms with Gasteiger partial charge in [0.15, 0.2) is 0 Å². The molecular weight excluding hydrogens is 290 g/mol. The molecule has 0 fully saturated rings. The SMILES string of the molecule is CN(C)c1ccc(C=C2C(=NO)c3ccccc3C2=NO)cc1. The predicted octanol–water partition coefficient (Wildman–Crippen LogP) is 3.21. The van der Waals surface area contributed by atoms with Crippen molar-refractivity contribution in [3.05, 3.63) is 70.8 Å². The van der Waals surface area contributed by atoms with Gasteiger partial charge in [0.1, 0.15) is 11.4 Å². The van der Waals surface area contributed by atoms with E-state index in [2.05, 4.69) is 10.3 Å². The molecule has 2 aromatic rings. The Balaban J connectivity index is 2.08.